The molecule has 0 aromatic carbocycles. The number of anilines is 1. The van der Waals surface area contributed by atoms with Crippen LogP contribution in [0.15, 0.2) is 0 Å². The summed E-state index contributed by atoms with van der Waals surface area (Å²) >= 11 is 1.60. The molecule has 5 heteroatoms. The summed E-state index contributed by atoms with van der Waals surface area (Å²) in [5.41, 5.74) is 0.184. The Labute approximate surface area is 126 Å². The minimum absolute atomic E-state index is 0.184. The fourth-order valence-electron chi connectivity index (χ4n) is 2.74. The van der Waals surface area contributed by atoms with Crippen LogP contribution in [0.4, 0.5) is 5.13 Å². The van der Waals surface area contributed by atoms with Gasteiger partial charge in [-0.15, -0.1) is 0 Å². The van der Waals surface area contributed by atoms with E-state index in [2.05, 4.69) is 35.4 Å². The van der Waals surface area contributed by atoms with Gasteiger partial charge in [0.05, 0.1) is 0 Å². The van der Waals surface area contributed by atoms with E-state index in [1.54, 1.807) is 11.5 Å². The molecule has 1 aliphatic carbocycles. The minimum atomic E-state index is 0.184. The van der Waals surface area contributed by atoms with Crippen molar-refractivity contribution < 1.29 is 0 Å². The summed E-state index contributed by atoms with van der Waals surface area (Å²) < 4.78 is 4.57. The molecule has 0 bridgehead atoms. The maximum Gasteiger partial charge on any atom is 0.205 e. The van der Waals surface area contributed by atoms with E-state index in [0.717, 1.165) is 24.0 Å². The molecule has 1 aromatic heterocycles. The Bertz CT molecular complexity index is 447. The molecular weight excluding hydrogens is 268 g/mol. The zero-order valence-electron chi connectivity index (χ0n) is 12.9. The first-order valence-corrected chi connectivity index (χ1v) is 8.65. The lowest BCUT2D eigenvalue weighted by Crippen LogP contribution is -2.49. The molecular formula is C15H26N4S. The van der Waals surface area contributed by atoms with Crippen LogP contribution in [0.5, 0.6) is 0 Å². The number of hydrogen-bond donors (Lipinski definition) is 1. The van der Waals surface area contributed by atoms with Crippen molar-refractivity contribution in [3.63, 3.8) is 0 Å². The maximum absolute atomic E-state index is 4.80. The lowest BCUT2D eigenvalue weighted by molar-refractivity contribution is 0.366. The largest absolute Gasteiger partial charge is 0.343 e. The molecule has 20 heavy (non-hydrogen) atoms. The highest BCUT2D eigenvalue weighted by Crippen LogP contribution is 2.40. The van der Waals surface area contributed by atoms with Crippen molar-refractivity contribution in [3.05, 3.63) is 5.82 Å². The molecule has 2 aliphatic rings. The Morgan fingerprint density at radius 3 is 2.75 bits per heavy atom. The van der Waals surface area contributed by atoms with Gasteiger partial charge in [-0.2, -0.15) is 4.37 Å². The summed E-state index contributed by atoms with van der Waals surface area (Å²) in [6, 6.07) is 0.572. The average molecular weight is 294 g/mol. The van der Waals surface area contributed by atoms with Gasteiger partial charge in [-0.1, -0.05) is 0 Å². The predicted octanol–water partition coefficient (Wildman–Crippen LogP) is 3.16. The normalized spacial score (nSPS) is 24.1. The second kappa shape index (κ2) is 5.60. The first-order chi connectivity index (χ1) is 9.53. The Kier molecular flexibility index (Phi) is 4.00. The molecule has 0 radical (unpaired) electrons. The Hall–Kier alpha value is -0.680. The van der Waals surface area contributed by atoms with Gasteiger partial charge in [-0.3, -0.25) is 0 Å². The quantitative estimate of drug-likeness (QED) is 0.926. The van der Waals surface area contributed by atoms with Crippen LogP contribution < -0.4 is 10.2 Å². The predicted molar refractivity (Wildman–Crippen MR) is 84.6 cm³/mol. The van der Waals surface area contributed by atoms with Crippen LogP contribution >= 0.6 is 11.5 Å². The zero-order valence-corrected chi connectivity index (χ0v) is 13.7. The molecule has 0 amide bonds. The highest BCUT2D eigenvalue weighted by atomic mass is 32.1. The maximum atomic E-state index is 4.80. The van der Waals surface area contributed by atoms with Gasteiger partial charge in [0.15, 0.2) is 0 Å². The Balaban J connectivity index is 1.67. The second-order valence-electron chi connectivity index (χ2n) is 7.18. The number of nitrogens with zero attached hydrogens (tertiary/aromatic N) is 3. The van der Waals surface area contributed by atoms with E-state index in [4.69, 9.17) is 4.98 Å². The van der Waals surface area contributed by atoms with Gasteiger partial charge in [-0.25, -0.2) is 4.98 Å². The topological polar surface area (TPSA) is 41.0 Å². The number of nitrogens with one attached hydrogen (secondary N) is 1. The standard InChI is InChI=1S/C15H26N4S/c1-15(2,3)16-10-12-6-4-5-9-19(12)14-17-13(18-20-14)11-7-8-11/h11-12,16H,4-10H2,1-3H3. The second-order valence-corrected chi connectivity index (χ2v) is 7.91. The summed E-state index contributed by atoms with van der Waals surface area (Å²) in [6.07, 6.45) is 6.45. The monoisotopic (exact) mass is 294 g/mol. The van der Waals surface area contributed by atoms with Crippen molar-refractivity contribution in [1.29, 1.82) is 0 Å². The molecule has 112 valence electrons. The molecule has 1 saturated carbocycles. The molecule has 4 nitrogen and oxygen atoms in total. The van der Waals surface area contributed by atoms with Crippen molar-refractivity contribution >= 4 is 16.7 Å². The first kappa shape index (κ1) is 14.3. The molecule has 0 spiro atoms. The van der Waals surface area contributed by atoms with Crippen LogP contribution in [0.1, 0.15) is 64.6 Å². The van der Waals surface area contributed by atoms with Crippen molar-refractivity contribution in [2.45, 2.75) is 70.4 Å². The van der Waals surface area contributed by atoms with Gasteiger partial charge in [0.1, 0.15) is 5.82 Å². The number of piperidine rings is 1. The number of rotatable bonds is 4. The van der Waals surface area contributed by atoms with Gasteiger partial charge in [-0.05, 0) is 52.9 Å². The van der Waals surface area contributed by atoms with Gasteiger partial charge in [0.2, 0.25) is 5.13 Å². The molecule has 1 aliphatic heterocycles. The van der Waals surface area contributed by atoms with E-state index in [-0.39, 0.29) is 5.54 Å². The van der Waals surface area contributed by atoms with E-state index in [1.807, 2.05) is 0 Å². The van der Waals surface area contributed by atoms with E-state index in [9.17, 15) is 0 Å². The van der Waals surface area contributed by atoms with Crippen molar-refractivity contribution in [3.8, 4) is 0 Å². The smallest absolute Gasteiger partial charge is 0.205 e. The average Bonchev–Trinajstić information content (AvgIpc) is 3.14. The Morgan fingerprint density at radius 1 is 1.25 bits per heavy atom. The van der Waals surface area contributed by atoms with Crippen LogP contribution in [0.25, 0.3) is 0 Å². The van der Waals surface area contributed by atoms with E-state index in [0.29, 0.717) is 12.0 Å². The molecule has 1 aromatic rings. The van der Waals surface area contributed by atoms with Crippen LogP contribution in [-0.4, -0.2) is 34.0 Å². The SMILES string of the molecule is CC(C)(C)NCC1CCCCN1c1nc(C2CC2)ns1. The fourth-order valence-corrected chi connectivity index (χ4v) is 3.58. The molecule has 1 atom stereocenters. The highest BCUT2D eigenvalue weighted by Gasteiger charge is 2.31. The van der Waals surface area contributed by atoms with Gasteiger partial charge >= 0.3 is 0 Å². The third-order valence-corrected chi connectivity index (χ3v) is 4.88. The Morgan fingerprint density at radius 2 is 2.05 bits per heavy atom. The first-order valence-electron chi connectivity index (χ1n) is 7.88. The zero-order chi connectivity index (χ0) is 14.2. The van der Waals surface area contributed by atoms with E-state index >= 15 is 0 Å². The number of aromatic nitrogens is 2. The van der Waals surface area contributed by atoms with Crippen LogP contribution in [-0.2, 0) is 0 Å². The molecule has 1 saturated heterocycles. The lowest BCUT2D eigenvalue weighted by Gasteiger charge is -2.37. The van der Waals surface area contributed by atoms with Crippen molar-refractivity contribution in [2.75, 3.05) is 18.0 Å². The minimum Gasteiger partial charge on any atom is -0.343 e. The molecule has 2 heterocycles. The summed E-state index contributed by atoms with van der Waals surface area (Å²) in [4.78, 5) is 7.29. The van der Waals surface area contributed by atoms with E-state index in [1.165, 1.54) is 32.1 Å². The molecule has 1 unspecified atom stereocenters. The molecule has 1 N–H and O–H groups in total. The highest BCUT2D eigenvalue weighted by molar-refractivity contribution is 7.09. The van der Waals surface area contributed by atoms with Gasteiger partial charge in [0, 0.05) is 42.1 Å². The summed E-state index contributed by atoms with van der Waals surface area (Å²) in [6.45, 7) is 8.88. The summed E-state index contributed by atoms with van der Waals surface area (Å²) in [5.74, 6) is 1.76. The molecule has 2 fully saturated rings. The lowest BCUT2D eigenvalue weighted by atomic mass is 10.0. The van der Waals surface area contributed by atoms with Gasteiger partial charge in [0.25, 0.3) is 0 Å². The van der Waals surface area contributed by atoms with Crippen molar-refractivity contribution in [2.24, 2.45) is 0 Å². The van der Waals surface area contributed by atoms with Crippen LogP contribution in [0, 0.1) is 0 Å². The fraction of sp³-hybridized carbons (Fsp3) is 0.867. The summed E-state index contributed by atoms with van der Waals surface area (Å²) in [5, 5.41) is 4.79. The van der Waals surface area contributed by atoms with Crippen LogP contribution in [0.3, 0.4) is 0 Å². The number of hydrogen-bond acceptors (Lipinski definition) is 5. The van der Waals surface area contributed by atoms with Gasteiger partial charge < -0.3 is 10.2 Å². The summed E-state index contributed by atoms with van der Waals surface area (Å²) in [7, 11) is 0. The van der Waals surface area contributed by atoms with Crippen LogP contribution in [0.2, 0.25) is 0 Å². The molecule has 3 rings (SSSR count). The van der Waals surface area contributed by atoms with E-state index < -0.39 is 0 Å². The third kappa shape index (κ3) is 3.50. The van der Waals surface area contributed by atoms with Crippen molar-refractivity contribution in [1.82, 2.24) is 14.7 Å². The third-order valence-electron chi connectivity index (χ3n) is 4.11.